The van der Waals surface area contributed by atoms with E-state index >= 15 is 0 Å². The lowest BCUT2D eigenvalue weighted by atomic mass is 9.60. The zero-order valence-electron chi connectivity index (χ0n) is 14.6. The third-order valence-corrected chi connectivity index (χ3v) is 6.28. The van der Waals surface area contributed by atoms with Gasteiger partial charge < -0.3 is 30.9 Å². The topological polar surface area (TPSA) is 120 Å². The highest BCUT2D eigenvalue weighted by Crippen LogP contribution is 2.47. The molecule has 27 heavy (non-hydrogen) atoms. The minimum Gasteiger partial charge on any atom is -0.477 e. The van der Waals surface area contributed by atoms with Gasteiger partial charge in [0.1, 0.15) is 5.75 Å². The Morgan fingerprint density at radius 3 is 2.63 bits per heavy atom. The highest BCUT2D eigenvalue weighted by molar-refractivity contribution is 6.30. The van der Waals surface area contributed by atoms with Crippen molar-refractivity contribution < 1.29 is 24.5 Å². The molecule has 3 saturated carbocycles. The molecule has 5 N–H and O–H groups in total. The van der Waals surface area contributed by atoms with Crippen LogP contribution >= 0.6 is 11.6 Å². The van der Waals surface area contributed by atoms with Gasteiger partial charge >= 0.3 is 6.09 Å². The first-order chi connectivity index (χ1) is 12.8. The number of carbonyl (C=O) groups excluding carboxylic acids is 1. The number of rotatable bonds is 3. The molecular formula is C18H22ClN3O5. The Labute approximate surface area is 161 Å². The van der Waals surface area contributed by atoms with Crippen molar-refractivity contribution in [2.75, 3.05) is 11.9 Å². The van der Waals surface area contributed by atoms with E-state index in [1.807, 2.05) is 0 Å². The summed E-state index contributed by atoms with van der Waals surface area (Å²) in [5, 5.41) is 28.9. The lowest BCUT2D eigenvalue weighted by Crippen LogP contribution is -2.70. The predicted molar refractivity (Wildman–Crippen MR) is 98.2 cm³/mol. The van der Waals surface area contributed by atoms with E-state index in [0.717, 1.165) is 5.69 Å². The molecular weight excluding hydrogens is 374 g/mol. The Bertz CT molecular complexity index is 778. The van der Waals surface area contributed by atoms with Gasteiger partial charge in [0.25, 0.3) is 5.91 Å². The van der Waals surface area contributed by atoms with Crippen molar-refractivity contribution in [2.24, 2.45) is 0 Å². The second-order valence-corrected chi connectivity index (χ2v) is 8.14. The third-order valence-electron chi connectivity index (χ3n) is 6.05. The molecule has 0 radical (unpaired) electrons. The summed E-state index contributed by atoms with van der Waals surface area (Å²) in [4.78, 5) is 23.9. The van der Waals surface area contributed by atoms with Crippen molar-refractivity contribution >= 4 is 29.3 Å². The van der Waals surface area contributed by atoms with Crippen LogP contribution in [-0.4, -0.2) is 52.0 Å². The maximum Gasteiger partial charge on any atom is 0.405 e. The first kappa shape index (κ1) is 18.2. The van der Waals surface area contributed by atoms with E-state index in [9.17, 15) is 14.7 Å². The van der Waals surface area contributed by atoms with Crippen LogP contribution in [0.3, 0.4) is 0 Å². The Morgan fingerprint density at radius 2 is 1.96 bits per heavy atom. The Hall–Kier alpha value is -2.19. The second kappa shape index (κ2) is 6.45. The number of hydrogen-bond acceptors (Lipinski definition) is 5. The van der Waals surface area contributed by atoms with Crippen LogP contribution in [0, 0.1) is 0 Å². The van der Waals surface area contributed by atoms with E-state index in [1.54, 1.807) is 18.2 Å². The van der Waals surface area contributed by atoms with Crippen LogP contribution in [-0.2, 0) is 4.79 Å². The van der Waals surface area contributed by atoms with Gasteiger partial charge in [-0.05, 0) is 50.3 Å². The molecule has 2 amide bonds. The molecule has 1 heterocycles. The Kier molecular flexibility index (Phi) is 4.35. The van der Waals surface area contributed by atoms with Crippen molar-refractivity contribution in [3.05, 3.63) is 23.2 Å². The fourth-order valence-corrected chi connectivity index (χ4v) is 4.68. The molecule has 9 heteroatoms. The number of halogens is 1. The van der Waals surface area contributed by atoms with Gasteiger partial charge in [-0.15, -0.1) is 0 Å². The van der Waals surface area contributed by atoms with Gasteiger partial charge in [-0.25, -0.2) is 4.79 Å². The molecule has 1 aliphatic heterocycles. The zero-order valence-corrected chi connectivity index (χ0v) is 15.4. The molecule has 0 aromatic heterocycles. The number of ether oxygens (including phenoxy) is 1. The zero-order chi connectivity index (χ0) is 19.2. The monoisotopic (exact) mass is 395 g/mol. The summed E-state index contributed by atoms with van der Waals surface area (Å²) in [6, 6.07) is 5.17. The van der Waals surface area contributed by atoms with E-state index < -0.39 is 29.4 Å². The highest BCUT2D eigenvalue weighted by atomic mass is 35.5. The van der Waals surface area contributed by atoms with Gasteiger partial charge in [0.2, 0.25) is 0 Å². The molecule has 0 spiro atoms. The molecule has 146 valence electrons. The van der Waals surface area contributed by atoms with Crippen LogP contribution in [0.15, 0.2) is 18.2 Å². The van der Waals surface area contributed by atoms with Crippen molar-refractivity contribution in [3.8, 4) is 5.75 Å². The van der Waals surface area contributed by atoms with Crippen LogP contribution in [0.5, 0.6) is 5.75 Å². The number of aliphatic hydroxyl groups is 1. The number of benzene rings is 1. The summed E-state index contributed by atoms with van der Waals surface area (Å²) in [5.41, 5.74) is -0.582. The Morgan fingerprint density at radius 1 is 1.22 bits per heavy atom. The van der Waals surface area contributed by atoms with Crippen molar-refractivity contribution in [1.29, 1.82) is 0 Å². The Balaban J connectivity index is 1.42. The number of hydrogen-bond donors (Lipinski definition) is 5. The average Bonchev–Trinajstić information content (AvgIpc) is 2.62. The van der Waals surface area contributed by atoms with E-state index in [-0.39, 0.29) is 5.91 Å². The molecule has 2 atom stereocenters. The quantitative estimate of drug-likeness (QED) is 0.531. The number of fused-ring (bicyclic) bond motifs is 4. The molecule has 0 saturated heterocycles. The van der Waals surface area contributed by atoms with Crippen molar-refractivity contribution in [2.45, 2.75) is 55.4 Å². The summed E-state index contributed by atoms with van der Waals surface area (Å²) >= 11 is 5.96. The van der Waals surface area contributed by atoms with Gasteiger partial charge in [0.05, 0.1) is 23.9 Å². The van der Waals surface area contributed by atoms with Crippen LogP contribution < -0.4 is 20.7 Å². The van der Waals surface area contributed by atoms with Gasteiger partial charge in [0.15, 0.2) is 6.10 Å². The fraction of sp³-hybridized carbons (Fsp3) is 0.556. The van der Waals surface area contributed by atoms with Gasteiger partial charge in [-0.3, -0.25) is 4.79 Å². The van der Waals surface area contributed by atoms with Gasteiger partial charge in [0, 0.05) is 10.6 Å². The van der Waals surface area contributed by atoms with Gasteiger partial charge in [-0.1, -0.05) is 11.6 Å². The van der Waals surface area contributed by atoms with Crippen LogP contribution in [0.4, 0.5) is 10.5 Å². The SMILES string of the molecule is O=C(O)NC12CCC(NC(=O)[C@H]3CNc4cc(Cl)ccc4O3)(CC1)C[C@@H]2O. The van der Waals surface area contributed by atoms with Gasteiger partial charge in [-0.2, -0.15) is 0 Å². The molecule has 3 aliphatic carbocycles. The summed E-state index contributed by atoms with van der Waals surface area (Å²) < 4.78 is 5.81. The maximum absolute atomic E-state index is 12.8. The minimum atomic E-state index is -1.13. The van der Waals surface area contributed by atoms with Crippen molar-refractivity contribution in [3.63, 3.8) is 0 Å². The number of amides is 2. The maximum atomic E-state index is 12.8. The lowest BCUT2D eigenvalue weighted by Gasteiger charge is -2.56. The molecule has 5 rings (SSSR count). The molecule has 2 bridgehead atoms. The summed E-state index contributed by atoms with van der Waals surface area (Å²) in [6.07, 6.45) is -0.109. The second-order valence-electron chi connectivity index (χ2n) is 7.70. The normalized spacial score (nSPS) is 34.0. The number of nitrogens with one attached hydrogen (secondary N) is 3. The third kappa shape index (κ3) is 3.27. The molecule has 0 unspecified atom stereocenters. The molecule has 3 fully saturated rings. The first-order valence-corrected chi connectivity index (χ1v) is 9.40. The van der Waals surface area contributed by atoms with Crippen LogP contribution in [0.1, 0.15) is 32.1 Å². The average molecular weight is 396 g/mol. The number of anilines is 1. The molecule has 4 aliphatic rings. The summed E-state index contributed by atoms with van der Waals surface area (Å²) in [5.74, 6) is 0.330. The smallest absolute Gasteiger partial charge is 0.405 e. The standard InChI is InChI=1S/C18H22ClN3O5/c19-10-1-2-12-11(7-10)20-9-13(27-12)15(24)21-17-3-5-18(6-4-17,14(23)8-17)22-16(25)26/h1-2,7,13-14,20,22-23H,3-6,8-9H2,(H,21,24)(H,25,26)/t13-,14+,17?,18?/m1/s1. The van der Waals surface area contributed by atoms with Crippen LogP contribution in [0.2, 0.25) is 5.02 Å². The first-order valence-electron chi connectivity index (χ1n) is 9.02. The minimum absolute atomic E-state index is 0.240. The number of carbonyl (C=O) groups is 2. The largest absolute Gasteiger partial charge is 0.477 e. The summed E-state index contributed by atoms with van der Waals surface area (Å²) in [7, 11) is 0. The van der Waals surface area contributed by atoms with E-state index in [1.165, 1.54) is 0 Å². The highest BCUT2D eigenvalue weighted by Gasteiger charge is 2.55. The van der Waals surface area contributed by atoms with E-state index in [0.29, 0.717) is 49.4 Å². The predicted octanol–water partition coefficient (Wildman–Crippen LogP) is 1.71. The van der Waals surface area contributed by atoms with E-state index in [4.69, 9.17) is 21.4 Å². The number of carboxylic acid groups (broad SMARTS) is 1. The molecule has 1 aromatic rings. The van der Waals surface area contributed by atoms with E-state index in [2.05, 4.69) is 16.0 Å². The van der Waals surface area contributed by atoms with Crippen LogP contribution in [0.25, 0.3) is 0 Å². The fourth-order valence-electron chi connectivity index (χ4n) is 4.50. The summed E-state index contributed by atoms with van der Waals surface area (Å²) in [6.45, 7) is 0.322. The lowest BCUT2D eigenvalue weighted by molar-refractivity contribution is -0.134. The molecule has 1 aromatic carbocycles. The van der Waals surface area contributed by atoms with Crippen molar-refractivity contribution in [1.82, 2.24) is 10.6 Å². The molecule has 8 nitrogen and oxygen atoms in total. The number of aliphatic hydroxyl groups excluding tert-OH is 1.